The first kappa shape index (κ1) is 11.9. The molecule has 1 atom stereocenters. The first-order valence-corrected chi connectivity index (χ1v) is 5.97. The van der Waals surface area contributed by atoms with Crippen LogP contribution >= 0.6 is 0 Å². The normalized spacial score (nSPS) is 19.6. The van der Waals surface area contributed by atoms with Crippen LogP contribution < -0.4 is 5.73 Å². The van der Waals surface area contributed by atoms with E-state index in [-0.39, 0.29) is 12.5 Å². The van der Waals surface area contributed by atoms with Crippen LogP contribution in [0.25, 0.3) is 0 Å². The van der Waals surface area contributed by atoms with Gasteiger partial charge in [0.25, 0.3) is 5.91 Å². The molecule has 92 valence electrons. The number of hydrogen-bond acceptors (Lipinski definition) is 3. The Hall–Kier alpha value is -1.55. The zero-order valence-electron chi connectivity index (χ0n) is 9.80. The van der Waals surface area contributed by atoms with Crippen LogP contribution in [0.2, 0.25) is 0 Å². The van der Waals surface area contributed by atoms with Gasteiger partial charge in [0.2, 0.25) is 0 Å². The van der Waals surface area contributed by atoms with Gasteiger partial charge in [0.1, 0.15) is 0 Å². The minimum atomic E-state index is 0.00328. The molecule has 1 heterocycles. The van der Waals surface area contributed by atoms with E-state index in [4.69, 9.17) is 10.8 Å². The molecule has 17 heavy (non-hydrogen) atoms. The van der Waals surface area contributed by atoms with E-state index >= 15 is 0 Å². The molecule has 4 nitrogen and oxygen atoms in total. The molecule has 1 aliphatic heterocycles. The summed E-state index contributed by atoms with van der Waals surface area (Å²) in [6.45, 7) is 1.69. The van der Waals surface area contributed by atoms with Gasteiger partial charge in [0.05, 0.1) is 5.56 Å². The van der Waals surface area contributed by atoms with Crippen LogP contribution in [-0.2, 0) is 0 Å². The Morgan fingerprint density at radius 3 is 2.94 bits per heavy atom. The lowest BCUT2D eigenvalue weighted by molar-refractivity contribution is 0.0786. The summed E-state index contributed by atoms with van der Waals surface area (Å²) in [5, 5.41) is 8.89. The van der Waals surface area contributed by atoms with Crippen molar-refractivity contribution in [1.82, 2.24) is 4.90 Å². The van der Waals surface area contributed by atoms with Crippen molar-refractivity contribution >= 4 is 11.6 Å². The molecule has 1 aromatic carbocycles. The number of aliphatic hydroxyl groups is 1. The third kappa shape index (κ3) is 2.58. The van der Waals surface area contributed by atoms with Crippen LogP contribution in [0.4, 0.5) is 5.69 Å². The first-order chi connectivity index (χ1) is 8.22. The van der Waals surface area contributed by atoms with E-state index < -0.39 is 0 Å². The lowest BCUT2D eigenvalue weighted by Crippen LogP contribution is -2.29. The van der Waals surface area contributed by atoms with Crippen molar-refractivity contribution in [3.63, 3.8) is 0 Å². The Morgan fingerprint density at radius 1 is 1.47 bits per heavy atom. The summed E-state index contributed by atoms with van der Waals surface area (Å²) in [6.07, 6.45) is 1.74. The molecule has 3 N–H and O–H groups in total. The molecule has 1 unspecified atom stereocenters. The van der Waals surface area contributed by atoms with E-state index in [0.717, 1.165) is 25.9 Å². The maximum atomic E-state index is 12.2. The number of hydrogen-bond donors (Lipinski definition) is 2. The molecule has 4 heteroatoms. The molecule has 1 amide bonds. The molecule has 2 rings (SSSR count). The Bertz CT molecular complexity index is 406. The maximum absolute atomic E-state index is 12.2. The van der Waals surface area contributed by atoms with Gasteiger partial charge in [0.15, 0.2) is 0 Å². The highest BCUT2D eigenvalue weighted by atomic mass is 16.3. The molecular formula is C13H18N2O2. The molecule has 0 spiro atoms. The topological polar surface area (TPSA) is 66.6 Å². The SMILES string of the molecule is Nc1ccccc1C(=O)N1CCC(CCO)C1. The van der Waals surface area contributed by atoms with E-state index in [1.165, 1.54) is 0 Å². The summed E-state index contributed by atoms with van der Waals surface area (Å²) in [5.74, 6) is 0.428. The highest BCUT2D eigenvalue weighted by Crippen LogP contribution is 2.22. The van der Waals surface area contributed by atoms with Gasteiger partial charge in [-0.25, -0.2) is 0 Å². The fourth-order valence-electron chi connectivity index (χ4n) is 2.30. The Labute approximate surface area is 101 Å². The van der Waals surface area contributed by atoms with Crippen LogP contribution in [0, 0.1) is 5.92 Å². The van der Waals surface area contributed by atoms with Crippen LogP contribution in [0.15, 0.2) is 24.3 Å². The predicted octanol–water partition coefficient (Wildman–Crippen LogP) is 1.11. The first-order valence-electron chi connectivity index (χ1n) is 5.97. The maximum Gasteiger partial charge on any atom is 0.255 e. The summed E-state index contributed by atoms with van der Waals surface area (Å²) in [7, 11) is 0. The van der Waals surface area contributed by atoms with Crippen LogP contribution in [0.3, 0.4) is 0 Å². The number of aliphatic hydroxyl groups excluding tert-OH is 1. The van der Waals surface area contributed by atoms with Crippen molar-refractivity contribution in [2.75, 3.05) is 25.4 Å². The fraction of sp³-hybridized carbons (Fsp3) is 0.462. The van der Waals surface area contributed by atoms with E-state index in [1.54, 1.807) is 12.1 Å². The highest BCUT2D eigenvalue weighted by Gasteiger charge is 2.27. The number of anilines is 1. The number of benzene rings is 1. The van der Waals surface area contributed by atoms with E-state index in [1.807, 2.05) is 17.0 Å². The van der Waals surface area contributed by atoms with E-state index in [2.05, 4.69) is 0 Å². The number of nitrogens with two attached hydrogens (primary N) is 1. The summed E-state index contributed by atoms with van der Waals surface area (Å²) in [6, 6.07) is 7.15. The quantitative estimate of drug-likeness (QED) is 0.770. The van der Waals surface area contributed by atoms with Crippen molar-refractivity contribution in [2.45, 2.75) is 12.8 Å². The number of nitrogens with zero attached hydrogens (tertiary/aromatic N) is 1. The predicted molar refractivity (Wildman–Crippen MR) is 66.6 cm³/mol. The standard InChI is InChI=1S/C13H18N2O2/c14-12-4-2-1-3-11(12)13(17)15-7-5-10(9-15)6-8-16/h1-4,10,16H,5-9,14H2. The third-order valence-corrected chi connectivity index (χ3v) is 3.30. The highest BCUT2D eigenvalue weighted by molar-refractivity contribution is 5.99. The monoisotopic (exact) mass is 234 g/mol. The molecule has 1 aromatic rings. The summed E-state index contributed by atoms with van der Waals surface area (Å²) < 4.78 is 0. The van der Waals surface area contributed by atoms with Gasteiger partial charge in [-0.15, -0.1) is 0 Å². The number of amides is 1. The fourth-order valence-corrected chi connectivity index (χ4v) is 2.30. The number of rotatable bonds is 3. The van der Waals surface area contributed by atoms with E-state index in [0.29, 0.717) is 17.2 Å². The molecular weight excluding hydrogens is 216 g/mol. The summed E-state index contributed by atoms with van der Waals surface area (Å²) >= 11 is 0. The largest absolute Gasteiger partial charge is 0.398 e. The Kier molecular flexibility index (Phi) is 3.64. The van der Waals surface area contributed by atoms with Crippen molar-refractivity contribution in [1.29, 1.82) is 0 Å². The molecule has 0 bridgehead atoms. The minimum absolute atomic E-state index is 0.00328. The zero-order chi connectivity index (χ0) is 12.3. The second-order valence-electron chi connectivity index (χ2n) is 4.51. The lowest BCUT2D eigenvalue weighted by Gasteiger charge is -2.17. The van der Waals surface area contributed by atoms with Crippen LogP contribution in [0.1, 0.15) is 23.2 Å². The summed E-state index contributed by atoms with van der Waals surface area (Å²) in [5.41, 5.74) is 6.91. The summed E-state index contributed by atoms with van der Waals surface area (Å²) in [4.78, 5) is 14.0. The lowest BCUT2D eigenvalue weighted by atomic mass is 10.1. The van der Waals surface area contributed by atoms with E-state index in [9.17, 15) is 4.79 Å². The number of likely N-dealkylation sites (tertiary alicyclic amines) is 1. The van der Waals surface area contributed by atoms with Gasteiger partial charge >= 0.3 is 0 Å². The van der Waals surface area contributed by atoms with Crippen LogP contribution in [-0.4, -0.2) is 35.6 Å². The van der Waals surface area contributed by atoms with Gasteiger partial charge in [-0.3, -0.25) is 4.79 Å². The van der Waals surface area contributed by atoms with Crippen molar-refractivity contribution in [2.24, 2.45) is 5.92 Å². The average Bonchev–Trinajstić information content (AvgIpc) is 2.78. The van der Waals surface area contributed by atoms with Gasteiger partial charge in [-0.1, -0.05) is 12.1 Å². The van der Waals surface area contributed by atoms with Gasteiger partial charge < -0.3 is 15.7 Å². The molecule has 1 aliphatic rings. The van der Waals surface area contributed by atoms with Crippen LogP contribution in [0.5, 0.6) is 0 Å². The third-order valence-electron chi connectivity index (χ3n) is 3.30. The number of nitrogen functional groups attached to an aromatic ring is 1. The number of para-hydroxylation sites is 1. The Balaban J connectivity index is 2.05. The van der Waals surface area contributed by atoms with Crippen molar-refractivity contribution in [3.05, 3.63) is 29.8 Å². The molecule has 1 saturated heterocycles. The number of carbonyl (C=O) groups excluding carboxylic acids is 1. The molecule has 0 saturated carbocycles. The molecule has 0 aromatic heterocycles. The molecule has 0 aliphatic carbocycles. The Morgan fingerprint density at radius 2 is 2.24 bits per heavy atom. The average molecular weight is 234 g/mol. The van der Waals surface area contributed by atoms with Gasteiger partial charge in [0, 0.05) is 25.4 Å². The molecule has 1 fully saturated rings. The zero-order valence-corrected chi connectivity index (χ0v) is 9.80. The second kappa shape index (κ2) is 5.19. The van der Waals surface area contributed by atoms with Crippen molar-refractivity contribution < 1.29 is 9.90 Å². The molecule has 0 radical (unpaired) electrons. The second-order valence-corrected chi connectivity index (χ2v) is 4.51. The smallest absolute Gasteiger partial charge is 0.255 e. The van der Waals surface area contributed by atoms with Gasteiger partial charge in [-0.05, 0) is 30.9 Å². The minimum Gasteiger partial charge on any atom is -0.398 e. The number of carbonyl (C=O) groups is 1. The van der Waals surface area contributed by atoms with Gasteiger partial charge in [-0.2, -0.15) is 0 Å². The van der Waals surface area contributed by atoms with Crippen molar-refractivity contribution in [3.8, 4) is 0 Å².